The zero-order valence-electron chi connectivity index (χ0n) is 16.8. The van der Waals surface area contributed by atoms with Crippen molar-refractivity contribution < 1.29 is 27.1 Å². The average Bonchev–Trinajstić information content (AvgIpc) is 3.22. The van der Waals surface area contributed by atoms with Crippen molar-refractivity contribution in [3.8, 4) is 26.9 Å². The molecule has 0 aliphatic rings. The lowest BCUT2D eigenvalue weighted by Gasteiger charge is -2.13. The lowest BCUT2D eigenvalue weighted by molar-refractivity contribution is -0.152. The Bertz CT molecular complexity index is 1380. The Labute approximate surface area is 183 Å². The molecular formula is C22H15F3N2O4S. The van der Waals surface area contributed by atoms with E-state index in [9.17, 15) is 22.8 Å². The quantitative estimate of drug-likeness (QED) is 0.296. The molecule has 6 nitrogen and oxygen atoms in total. The molecule has 0 atom stereocenters. The number of hydrogen-bond acceptors (Lipinski definition) is 7. The highest BCUT2D eigenvalue weighted by atomic mass is 32.1. The first-order valence-electron chi connectivity index (χ1n) is 9.47. The fourth-order valence-electron chi connectivity index (χ4n) is 3.21. The van der Waals surface area contributed by atoms with Crippen LogP contribution in [0.2, 0.25) is 0 Å². The molecule has 0 amide bonds. The van der Waals surface area contributed by atoms with Crippen LogP contribution >= 0.6 is 11.3 Å². The highest BCUT2D eigenvalue weighted by molar-refractivity contribution is 7.17. The number of aromatic nitrogens is 2. The van der Waals surface area contributed by atoms with E-state index in [1.165, 1.54) is 13.0 Å². The zero-order valence-corrected chi connectivity index (χ0v) is 17.6. The molecule has 0 bridgehead atoms. The minimum atomic E-state index is -4.97. The Morgan fingerprint density at radius 3 is 2.44 bits per heavy atom. The standard InChI is InChI=1S/C22H15F3N2O4S/c1-3-12-9-14-16(10-15(12)30-11(2)28)31-19(22(23,24)25)17(18(14)29)21-27-26-20(32-21)13-7-5-4-6-8-13/h4-10H,3H2,1-2H3. The third-order valence-corrected chi connectivity index (χ3v) is 5.61. The van der Waals surface area contributed by atoms with E-state index in [4.69, 9.17) is 9.15 Å². The largest absolute Gasteiger partial charge is 0.450 e. The van der Waals surface area contributed by atoms with Crippen LogP contribution in [0.4, 0.5) is 13.2 Å². The highest BCUT2D eigenvalue weighted by Crippen LogP contribution is 2.40. The molecule has 2 aromatic carbocycles. The number of benzene rings is 2. The minimum absolute atomic E-state index is 0.0406. The lowest BCUT2D eigenvalue weighted by Crippen LogP contribution is -2.16. The number of carbonyl (C=O) groups excluding carboxylic acids is 1. The summed E-state index contributed by atoms with van der Waals surface area (Å²) in [5, 5.41) is 7.89. The second kappa shape index (κ2) is 8.19. The molecule has 0 radical (unpaired) electrons. The fourth-order valence-corrected chi connectivity index (χ4v) is 4.10. The minimum Gasteiger partial charge on any atom is -0.450 e. The number of carbonyl (C=O) groups is 1. The highest BCUT2D eigenvalue weighted by Gasteiger charge is 2.40. The van der Waals surface area contributed by atoms with Crippen LogP contribution in [-0.4, -0.2) is 16.2 Å². The van der Waals surface area contributed by atoms with Crippen LogP contribution in [0.15, 0.2) is 51.7 Å². The van der Waals surface area contributed by atoms with E-state index < -0.39 is 28.9 Å². The summed E-state index contributed by atoms with van der Waals surface area (Å²) in [4.78, 5) is 24.6. The third-order valence-electron chi connectivity index (χ3n) is 4.63. The Balaban J connectivity index is 1.98. The number of fused-ring (bicyclic) bond motifs is 1. The topological polar surface area (TPSA) is 82.3 Å². The summed E-state index contributed by atoms with van der Waals surface area (Å²) in [5.74, 6) is -2.08. The van der Waals surface area contributed by atoms with Gasteiger partial charge in [0.2, 0.25) is 11.2 Å². The van der Waals surface area contributed by atoms with Crippen molar-refractivity contribution in [2.24, 2.45) is 0 Å². The summed E-state index contributed by atoms with van der Waals surface area (Å²) in [7, 11) is 0. The van der Waals surface area contributed by atoms with Crippen molar-refractivity contribution in [2.45, 2.75) is 26.4 Å². The molecule has 32 heavy (non-hydrogen) atoms. The summed E-state index contributed by atoms with van der Waals surface area (Å²) in [6.07, 6.45) is -4.59. The van der Waals surface area contributed by atoms with Gasteiger partial charge in [-0.3, -0.25) is 9.59 Å². The number of nitrogens with zero attached hydrogens (tertiary/aromatic N) is 2. The van der Waals surface area contributed by atoms with E-state index >= 15 is 0 Å². The van der Waals surface area contributed by atoms with Gasteiger partial charge in [0.15, 0.2) is 5.01 Å². The van der Waals surface area contributed by atoms with Gasteiger partial charge in [0, 0.05) is 18.6 Å². The molecule has 0 N–H and O–H groups in total. The first-order valence-corrected chi connectivity index (χ1v) is 10.3. The van der Waals surface area contributed by atoms with Crippen molar-refractivity contribution in [3.63, 3.8) is 0 Å². The van der Waals surface area contributed by atoms with Crippen molar-refractivity contribution in [1.82, 2.24) is 10.2 Å². The molecule has 0 aliphatic carbocycles. The third kappa shape index (κ3) is 4.01. The van der Waals surface area contributed by atoms with Crippen molar-refractivity contribution >= 4 is 28.3 Å². The van der Waals surface area contributed by atoms with Crippen LogP contribution in [-0.2, 0) is 17.4 Å². The second-order valence-corrected chi connectivity index (χ2v) is 7.79. The van der Waals surface area contributed by atoms with E-state index in [-0.39, 0.29) is 21.7 Å². The molecule has 0 saturated carbocycles. The van der Waals surface area contributed by atoms with Crippen LogP contribution in [0.1, 0.15) is 25.2 Å². The number of alkyl halides is 3. The van der Waals surface area contributed by atoms with Gasteiger partial charge in [-0.15, -0.1) is 10.2 Å². The van der Waals surface area contributed by atoms with Crippen LogP contribution in [0.5, 0.6) is 5.75 Å². The Hall–Kier alpha value is -3.53. The maximum atomic E-state index is 13.9. The molecule has 2 aromatic heterocycles. The number of halogens is 3. The van der Waals surface area contributed by atoms with E-state index in [1.54, 1.807) is 37.3 Å². The van der Waals surface area contributed by atoms with Crippen molar-refractivity contribution in [3.05, 3.63) is 64.0 Å². The van der Waals surface area contributed by atoms with E-state index in [0.717, 1.165) is 17.4 Å². The number of aryl methyl sites for hydroxylation is 1. The molecule has 0 fully saturated rings. The van der Waals surface area contributed by atoms with Gasteiger partial charge in [0.25, 0.3) is 0 Å². The maximum Gasteiger partial charge on any atom is 0.450 e. The molecule has 0 aliphatic heterocycles. The van der Waals surface area contributed by atoms with Gasteiger partial charge >= 0.3 is 12.1 Å². The van der Waals surface area contributed by atoms with Gasteiger partial charge in [-0.1, -0.05) is 48.6 Å². The van der Waals surface area contributed by atoms with Gasteiger partial charge in [-0.25, -0.2) is 0 Å². The fraction of sp³-hybridized carbons (Fsp3) is 0.182. The number of ether oxygens (including phenoxy) is 1. The summed E-state index contributed by atoms with van der Waals surface area (Å²) in [6.45, 7) is 2.93. The van der Waals surface area contributed by atoms with Crippen molar-refractivity contribution in [1.29, 1.82) is 0 Å². The Kier molecular flexibility index (Phi) is 5.55. The van der Waals surface area contributed by atoms with Gasteiger partial charge in [-0.05, 0) is 18.1 Å². The van der Waals surface area contributed by atoms with Crippen LogP contribution < -0.4 is 10.2 Å². The smallest absolute Gasteiger partial charge is 0.450 e. The predicted octanol–water partition coefficient (Wildman–Crippen LogP) is 5.49. The normalized spacial score (nSPS) is 11.7. The Morgan fingerprint density at radius 1 is 1.12 bits per heavy atom. The van der Waals surface area contributed by atoms with Crippen LogP contribution in [0.25, 0.3) is 32.1 Å². The first-order chi connectivity index (χ1) is 15.2. The number of rotatable bonds is 4. The number of hydrogen-bond donors (Lipinski definition) is 0. The SMILES string of the molecule is CCc1cc2c(=O)c(-c3nnc(-c4ccccc4)s3)c(C(F)(F)F)oc2cc1OC(C)=O. The second-order valence-electron chi connectivity index (χ2n) is 6.81. The van der Waals surface area contributed by atoms with Crippen LogP contribution in [0.3, 0.4) is 0 Å². The van der Waals surface area contributed by atoms with E-state index in [1.807, 2.05) is 0 Å². The number of esters is 1. The molecule has 0 unspecified atom stereocenters. The van der Waals surface area contributed by atoms with E-state index in [2.05, 4.69) is 10.2 Å². The summed E-state index contributed by atoms with van der Waals surface area (Å²) < 4.78 is 51.8. The monoisotopic (exact) mass is 460 g/mol. The summed E-state index contributed by atoms with van der Waals surface area (Å²) in [6, 6.07) is 11.3. The molecule has 4 rings (SSSR count). The maximum absolute atomic E-state index is 13.9. The molecular weight excluding hydrogens is 445 g/mol. The first kappa shape index (κ1) is 21.7. The molecule has 4 aromatic rings. The summed E-state index contributed by atoms with van der Waals surface area (Å²) in [5.41, 5.74) is -0.792. The molecule has 0 saturated heterocycles. The van der Waals surface area contributed by atoms with Gasteiger partial charge in [0.1, 0.15) is 21.9 Å². The van der Waals surface area contributed by atoms with Gasteiger partial charge in [0.05, 0.1) is 5.39 Å². The van der Waals surface area contributed by atoms with Crippen LogP contribution in [0, 0.1) is 0 Å². The molecule has 164 valence electrons. The van der Waals surface area contributed by atoms with Crippen molar-refractivity contribution in [2.75, 3.05) is 0 Å². The van der Waals surface area contributed by atoms with Gasteiger partial charge in [-0.2, -0.15) is 13.2 Å². The summed E-state index contributed by atoms with van der Waals surface area (Å²) >= 11 is 0.862. The molecule has 10 heteroatoms. The van der Waals surface area contributed by atoms with E-state index in [0.29, 0.717) is 22.6 Å². The van der Waals surface area contributed by atoms with Gasteiger partial charge < -0.3 is 9.15 Å². The zero-order chi connectivity index (χ0) is 23.0. The lowest BCUT2D eigenvalue weighted by atomic mass is 10.1. The Morgan fingerprint density at radius 2 is 1.81 bits per heavy atom. The average molecular weight is 460 g/mol. The molecule has 0 spiro atoms. The molecule has 2 heterocycles. The predicted molar refractivity (Wildman–Crippen MR) is 113 cm³/mol.